The second-order valence-electron chi connectivity index (χ2n) is 10.0. The summed E-state index contributed by atoms with van der Waals surface area (Å²) in [5.74, 6) is -1.88. The summed E-state index contributed by atoms with van der Waals surface area (Å²) < 4.78 is 0. The van der Waals surface area contributed by atoms with E-state index in [1.54, 1.807) is 30.3 Å². The van der Waals surface area contributed by atoms with Crippen molar-refractivity contribution in [3.8, 4) is 0 Å². The van der Waals surface area contributed by atoms with Crippen LogP contribution in [0, 0.1) is 5.92 Å². The first-order valence-corrected chi connectivity index (χ1v) is 13.2. The third-order valence-corrected chi connectivity index (χ3v) is 9.32. The first-order valence-electron chi connectivity index (χ1n) is 12.1. The fraction of sp³-hybridized carbons (Fsp3) is 0.250. The summed E-state index contributed by atoms with van der Waals surface area (Å²) in [6, 6.07) is 16.9. The predicted octanol–water partition coefficient (Wildman–Crippen LogP) is 5.66. The van der Waals surface area contributed by atoms with E-state index in [-0.39, 0.29) is 34.2 Å². The molecule has 0 aromatic heterocycles. The molecule has 4 aliphatic rings. The van der Waals surface area contributed by atoms with Crippen LogP contribution in [0.3, 0.4) is 0 Å². The lowest BCUT2D eigenvalue weighted by Gasteiger charge is -2.43. The number of benzene rings is 3. The minimum atomic E-state index is -1.55. The summed E-state index contributed by atoms with van der Waals surface area (Å²) in [4.78, 5) is 45.4. The zero-order valence-corrected chi connectivity index (χ0v) is 21.6. The monoisotopic (exact) mass is 551 g/mol. The molecule has 2 amide bonds. The number of nitrogens with zero attached hydrogens (tertiary/aromatic N) is 1. The maximum atomic E-state index is 14.6. The largest absolute Gasteiger partial charge is 0.325 e. The summed E-state index contributed by atoms with van der Waals surface area (Å²) in [6.07, 6.45) is 1.44. The van der Waals surface area contributed by atoms with Gasteiger partial charge in [0.15, 0.2) is 5.78 Å². The van der Waals surface area contributed by atoms with Gasteiger partial charge in [-0.2, -0.15) is 0 Å². The van der Waals surface area contributed by atoms with Gasteiger partial charge >= 0.3 is 0 Å². The Bertz CT molecular complexity index is 1560. The molecule has 0 unspecified atom stereocenters. The van der Waals surface area contributed by atoms with Crippen molar-refractivity contribution in [2.75, 3.05) is 17.2 Å². The molecule has 6 nitrogen and oxygen atoms in total. The smallest absolute Gasteiger partial charge is 0.251 e. The number of carbonyl (C=O) groups is 3. The molecule has 37 heavy (non-hydrogen) atoms. The highest BCUT2D eigenvalue weighted by Crippen LogP contribution is 2.68. The van der Waals surface area contributed by atoms with E-state index in [0.29, 0.717) is 45.5 Å². The second-order valence-corrected chi connectivity index (χ2v) is 11.3. The number of ketones is 1. The standard InChI is InChI=1S/C28H20Cl3N3O3/c29-14-8-10-21-18(12-14)28(26(37)33-21)27(17-4-1-2-5-20(17)32-25(27)36)23(22-6-3-11-34(22)28)24(35)16-9-7-15(30)13-19(16)31/h1-2,4-5,7-10,12-13,22-23H,3,6,11H2,(H,32,36)(H,33,37)/t22-,23-,27+,28+/m1/s1. The normalized spacial score (nSPS) is 29.4. The van der Waals surface area contributed by atoms with Gasteiger partial charge in [-0.1, -0.05) is 53.0 Å². The van der Waals surface area contributed by atoms with Crippen LogP contribution in [0.2, 0.25) is 15.1 Å². The molecule has 2 N–H and O–H groups in total. The summed E-state index contributed by atoms with van der Waals surface area (Å²) in [6.45, 7) is 0.555. The van der Waals surface area contributed by atoms with E-state index in [2.05, 4.69) is 15.5 Å². The Hall–Kier alpha value is -2.90. The highest BCUT2D eigenvalue weighted by Gasteiger charge is 2.81. The van der Waals surface area contributed by atoms with Gasteiger partial charge in [0, 0.05) is 38.6 Å². The van der Waals surface area contributed by atoms with E-state index < -0.39 is 16.9 Å². The molecule has 3 aromatic carbocycles. The van der Waals surface area contributed by atoms with Gasteiger partial charge in [-0.05, 0) is 67.4 Å². The van der Waals surface area contributed by atoms with Crippen molar-refractivity contribution in [2.24, 2.45) is 5.92 Å². The van der Waals surface area contributed by atoms with Crippen LogP contribution in [0.5, 0.6) is 0 Å². The van der Waals surface area contributed by atoms with Gasteiger partial charge in [0.25, 0.3) is 5.91 Å². The van der Waals surface area contributed by atoms with E-state index in [1.165, 1.54) is 6.07 Å². The molecule has 0 radical (unpaired) electrons. The average molecular weight is 553 g/mol. The fourth-order valence-electron chi connectivity index (χ4n) is 7.41. The van der Waals surface area contributed by atoms with E-state index in [4.69, 9.17) is 34.8 Å². The molecule has 2 fully saturated rings. The number of amides is 2. The Morgan fingerprint density at radius 1 is 0.865 bits per heavy atom. The van der Waals surface area contributed by atoms with E-state index >= 15 is 0 Å². The molecule has 4 aliphatic heterocycles. The number of Topliss-reactive ketones (excluding diaryl/α,β-unsaturated/α-hetero) is 1. The molecule has 4 atom stereocenters. The zero-order valence-electron chi connectivity index (χ0n) is 19.4. The molecule has 0 bridgehead atoms. The third kappa shape index (κ3) is 2.69. The van der Waals surface area contributed by atoms with Crippen molar-refractivity contribution >= 4 is 63.8 Å². The number of rotatable bonds is 2. The molecule has 9 heteroatoms. The maximum Gasteiger partial charge on any atom is 0.251 e. The van der Waals surface area contributed by atoms with Crippen LogP contribution in [0.25, 0.3) is 0 Å². The highest BCUT2D eigenvalue weighted by molar-refractivity contribution is 6.37. The van der Waals surface area contributed by atoms with Gasteiger partial charge in [0.2, 0.25) is 5.91 Å². The lowest BCUT2D eigenvalue weighted by Crippen LogP contribution is -2.62. The quantitative estimate of drug-likeness (QED) is 0.402. The molecule has 2 spiro atoms. The number of hydrogen-bond acceptors (Lipinski definition) is 4. The van der Waals surface area contributed by atoms with Crippen LogP contribution < -0.4 is 10.6 Å². The van der Waals surface area contributed by atoms with Crippen molar-refractivity contribution in [1.82, 2.24) is 4.90 Å². The molecule has 3 aromatic rings. The molecule has 0 saturated carbocycles. The lowest BCUT2D eigenvalue weighted by atomic mass is 9.57. The Labute approximate surface area is 227 Å². The summed E-state index contributed by atoms with van der Waals surface area (Å²) in [5.41, 5.74) is -0.312. The van der Waals surface area contributed by atoms with Gasteiger partial charge in [-0.25, -0.2) is 0 Å². The first kappa shape index (κ1) is 23.2. The van der Waals surface area contributed by atoms with E-state index in [1.807, 2.05) is 24.3 Å². The van der Waals surface area contributed by atoms with Gasteiger partial charge < -0.3 is 10.6 Å². The van der Waals surface area contributed by atoms with Crippen LogP contribution in [0.4, 0.5) is 11.4 Å². The average Bonchev–Trinajstić information content (AvgIpc) is 3.58. The Kier molecular flexibility index (Phi) is 4.90. The Balaban J connectivity index is 1.60. The minimum Gasteiger partial charge on any atom is -0.325 e. The Morgan fingerprint density at radius 2 is 1.57 bits per heavy atom. The van der Waals surface area contributed by atoms with Gasteiger partial charge in [0.1, 0.15) is 11.0 Å². The van der Waals surface area contributed by atoms with Gasteiger partial charge in [-0.15, -0.1) is 0 Å². The van der Waals surface area contributed by atoms with Crippen LogP contribution in [0.15, 0.2) is 60.7 Å². The predicted molar refractivity (Wildman–Crippen MR) is 143 cm³/mol. The SMILES string of the molecule is O=C(c1ccc(Cl)cc1Cl)[C@H]1[C@H]2CCCN2[C@@]2(C(=O)Nc3ccc(Cl)cc32)[C@]12C(=O)Nc1ccccc12. The zero-order chi connectivity index (χ0) is 25.7. The molecule has 186 valence electrons. The van der Waals surface area contributed by atoms with Crippen LogP contribution in [-0.2, 0) is 20.5 Å². The van der Waals surface area contributed by atoms with Crippen molar-refractivity contribution in [1.29, 1.82) is 0 Å². The highest BCUT2D eigenvalue weighted by atomic mass is 35.5. The van der Waals surface area contributed by atoms with Gasteiger partial charge in [-0.3, -0.25) is 19.3 Å². The fourth-order valence-corrected chi connectivity index (χ4v) is 8.08. The van der Waals surface area contributed by atoms with Crippen LogP contribution >= 0.6 is 34.8 Å². The number of para-hydroxylation sites is 1. The van der Waals surface area contributed by atoms with E-state index in [9.17, 15) is 14.4 Å². The Morgan fingerprint density at radius 3 is 2.38 bits per heavy atom. The molecular weight excluding hydrogens is 533 g/mol. The molecular formula is C28H20Cl3N3O3. The second kappa shape index (κ2) is 7.81. The summed E-state index contributed by atoms with van der Waals surface area (Å²) >= 11 is 19.2. The topological polar surface area (TPSA) is 78.5 Å². The number of halogens is 3. The van der Waals surface area contributed by atoms with Crippen LogP contribution in [-0.4, -0.2) is 35.1 Å². The summed E-state index contributed by atoms with van der Waals surface area (Å²) in [5, 5.41) is 7.09. The van der Waals surface area contributed by atoms with E-state index in [0.717, 1.165) is 6.42 Å². The van der Waals surface area contributed by atoms with Crippen molar-refractivity contribution < 1.29 is 14.4 Å². The molecule has 2 saturated heterocycles. The van der Waals surface area contributed by atoms with Crippen molar-refractivity contribution in [3.63, 3.8) is 0 Å². The number of fused-ring (bicyclic) bond motifs is 7. The van der Waals surface area contributed by atoms with Crippen molar-refractivity contribution in [2.45, 2.75) is 29.8 Å². The third-order valence-electron chi connectivity index (χ3n) is 8.54. The van der Waals surface area contributed by atoms with Crippen LogP contribution in [0.1, 0.15) is 34.3 Å². The maximum absolute atomic E-state index is 14.6. The number of hydrogen-bond donors (Lipinski definition) is 2. The number of nitrogens with one attached hydrogen (secondary N) is 2. The summed E-state index contributed by atoms with van der Waals surface area (Å²) in [7, 11) is 0. The first-order chi connectivity index (χ1) is 17.8. The molecule has 4 heterocycles. The number of carbonyl (C=O) groups excluding carboxylic acids is 3. The van der Waals surface area contributed by atoms with Gasteiger partial charge in [0.05, 0.1) is 10.9 Å². The minimum absolute atomic E-state index is 0.212. The molecule has 7 rings (SSSR count). The van der Waals surface area contributed by atoms with Crippen molar-refractivity contribution in [3.05, 3.63) is 92.4 Å². The molecule has 0 aliphatic carbocycles. The lowest BCUT2D eigenvalue weighted by molar-refractivity contribution is -0.137. The number of anilines is 2.